The summed E-state index contributed by atoms with van der Waals surface area (Å²) < 4.78 is 24.7. The minimum absolute atomic E-state index is 0.185. The quantitative estimate of drug-likeness (QED) is 0.594. The monoisotopic (exact) mass is 190 g/mol. The smallest absolute Gasteiger partial charge is 0.193 e. The first-order valence-corrected chi connectivity index (χ1v) is 3.21. The van der Waals surface area contributed by atoms with Crippen LogP contribution in [0.3, 0.4) is 0 Å². The second kappa shape index (κ2) is 5.24. The van der Waals surface area contributed by atoms with Gasteiger partial charge in [-0.1, -0.05) is 0 Å². The van der Waals surface area contributed by atoms with Crippen molar-refractivity contribution in [3.8, 4) is 6.07 Å². The lowest BCUT2D eigenvalue weighted by Crippen LogP contribution is -2.29. The van der Waals surface area contributed by atoms with Crippen molar-refractivity contribution in [1.29, 1.82) is 5.26 Å². The van der Waals surface area contributed by atoms with Crippen molar-refractivity contribution in [2.45, 2.75) is 6.04 Å². The van der Waals surface area contributed by atoms with E-state index in [0.29, 0.717) is 12.3 Å². The second-order valence-electron chi connectivity index (χ2n) is 1.95. The molecule has 6 heteroatoms. The van der Waals surface area contributed by atoms with Crippen molar-refractivity contribution in [3.63, 3.8) is 0 Å². The molecule has 0 radical (unpaired) electrons. The molecule has 1 rings (SSSR count). The number of hydrogen-bond acceptors (Lipinski definition) is 4. The Morgan fingerprint density at radius 1 is 1.54 bits per heavy atom. The SMILES string of the molecule is CO.N#CC1C(F)=CC(F)=CN1O. The van der Waals surface area contributed by atoms with Gasteiger partial charge in [-0.3, -0.25) is 5.21 Å². The summed E-state index contributed by atoms with van der Waals surface area (Å²) >= 11 is 0. The highest BCUT2D eigenvalue weighted by Crippen LogP contribution is 2.19. The molecule has 13 heavy (non-hydrogen) atoms. The number of hydrogen-bond donors (Lipinski definition) is 2. The van der Waals surface area contributed by atoms with Gasteiger partial charge in [-0.15, -0.1) is 0 Å². The van der Waals surface area contributed by atoms with E-state index < -0.39 is 17.7 Å². The van der Waals surface area contributed by atoms with Gasteiger partial charge in [-0.2, -0.15) is 5.26 Å². The van der Waals surface area contributed by atoms with Crippen LogP contribution in [0.15, 0.2) is 23.9 Å². The maximum atomic E-state index is 12.5. The van der Waals surface area contributed by atoms with E-state index in [1.165, 1.54) is 6.07 Å². The Hall–Kier alpha value is -1.45. The predicted octanol–water partition coefficient (Wildman–Crippen LogP) is 0.856. The topological polar surface area (TPSA) is 67.5 Å². The molecule has 1 aliphatic rings. The summed E-state index contributed by atoms with van der Waals surface area (Å²) in [6, 6.07) is 0.0236. The number of aliphatic hydroxyl groups excluding tert-OH is 1. The molecule has 0 aliphatic carbocycles. The standard InChI is InChI=1S/C6H4F2N2O.CH4O/c7-4-1-5(8)6(2-9)10(11)3-4;1-2/h1,3,6,11H;2H,1H3. The summed E-state index contributed by atoms with van der Waals surface area (Å²) in [5, 5.41) is 24.1. The van der Waals surface area contributed by atoms with Crippen molar-refractivity contribution in [3.05, 3.63) is 23.9 Å². The fourth-order valence-electron chi connectivity index (χ4n) is 0.696. The van der Waals surface area contributed by atoms with Gasteiger partial charge in [-0.25, -0.2) is 13.8 Å². The van der Waals surface area contributed by atoms with Gasteiger partial charge in [0.15, 0.2) is 6.04 Å². The first kappa shape index (κ1) is 11.6. The molecule has 72 valence electrons. The molecule has 0 aromatic heterocycles. The normalized spacial score (nSPS) is 20.6. The van der Waals surface area contributed by atoms with E-state index in [2.05, 4.69) is 0 Å². The van der Waals surface area contributed by atoms with E-state index in [4.69, 9.17) is 15.6 Å². The minimum atomic E-state index is -1.42. The second-order valence-corrected chi connectivity index (χ2v) is 1.95. The third-order valence-corrected chi connectivity index (χ3v) is 1.18. The van der Waals surface area contributed by atoms with Gasteiger partial charge in [0, 0.05) is 13.2 Å². The molecule has 2 N–H and O–H groups in total. The average molecular weight is 190 g/mol. The van der Waals surface area contributed by atoms with E-state index in [1.807, 2.05) is 0 Å². The van der Waals surface area contributed by atoms with Gasteiger partial charge in [0.1, 0.15) is 11.7 Å². The molecule has 0 spiro atoms. The number of halogens is 2. The Balaban J connectivity index is 0.000000671. The van der Waals surface area contributed by atoms with E-state index in [9.17, 15) is 8.78 Å². The Bertz CT molecular complexity index is 270. The highest BCUT2D eigenvalue weighted by molar-refractivity contribution is 5.26. The van der Waals surface area contributed by atoms with Crippen LogP contribution in [0.25, 0.3) is 0 Å². The summed E-state index contributed by atoms with van der Waals surface area (Å²) in [6.45, 7) is 0. The molecule has 0 fully saturated rings. The zero-order valence-electron chi connectivity index (χ0n) is 6.78. The molecule has 0 saturated heterocycles. The van der Waals surface area contributed by atoms with E-state index >= 15 is 0 Å². The summed E-state index contributed by atoms with van der Waals surface area (Å²) in [6.07, 6.45) is 1.19. The molecule has 0 bridgehead atoms. The van der Waals surface area contributed by atoms with Crippen LogP contribution < -0.4 is 0 Å². The molecule has 0 amide bonds. The number of nitriles is 1. The van der Waals surface area contributed by atoms with Crippen LogP contribution in [0.4, 0.5) is 8.78 Å². The molecule has 0 saturated carbocycles. The summed E-state index contributed by atoms with van der Waals surface area (Å²) in [5.74, 6) is -1.92. The van der Waals surface area contributed by atoms with Crippen LogP contribution in [-0.4, -0.2) is 28.5 Å². The molecule has 4 nitrogen and oxygen atoms in total. The van der Waals surface area contributed by atoms with Gasteiger partial charge < -0.3 is 5.11 Å². The molecule has 0 aromatic rings. The molecule has 1 atom stereocenters. The lowest BCUT2D eigenvalue weighted by Gasteiger charge is -2.19. The maximum Gasteiger partial charge on any atom is 0.193 e. The average Bonchev–Trinajstić information content (AvgIpc) is 2.07. The third-order valence-electron chi connectivity index (χ3n) is 1.18. The fraction of sp³-hybridized carbons (Fsp3) is 0.286. The largest absolute Gasteiger partial charge is 0.400 e. The van der Waals surface area contributed by atoms with Crippen LogP contribution in [0, 0.1) is 11.3 Å². The van der Waals surface area contributed by atoms with Crippen LogP contribution >= 0.6 is 0 Å². The van der Waals surface area contributed by atoms with E-state index in [0.717, 1.165) is 7.11 Å². The van der Waals surface area contributed by atoms with Gasteiger partial charge in [0.05, 0.1) is 12.3 Å². The van der Waals surface area contributed by atoms with Crippen molar-refractivity contribution >= 4 is 0 Å². The molecular formula is C7H8F2N2O2. The number of nitrogens with zero attached hydrogens (tertiary/aromatic N) is 2. The van der Waals surface area contributed by atoms with Crippen molar-refractivity contribution in [1.82, 2.24) is 5.06 Å². The Labute approximate surface area is 73.6 Å². The lowest BCUT2D eigenvalue weighted by molar-refractivity contribution is -0.0607. The maximum absolute atomic E-state index is 12.5. The van der Waals surface area contributed by atoms with Gasteiger partial charge in [-0.05, 0) is 0 Å². The lowest BCUT2D eigenvalue weighted by atomic mass is 10.2. The zero-order chi connectivity index (χ0) is 10.4. The first-order chi connectivity index (χ1) is 6.15. The predicted molar refractivity (Wildman–Crippen MR) is 39.6 cm³/mol. The number of aliphatic hydroxyl groups is 1. The highest BCUT2D eigenvalue weighted by atomic mass is 19.1. The number of rotatable bonds is 0. The Morgan fingerprint density at radius 3 is 2.46 bits per heavy atom. The highest BCUT2D eigenvalue weighted by Gasteiger charge is 2.23. The Morgan fingerprint density at radius 2 is 2.08 bits per heavy atom. The fourth-order valence-corrected chi connectivity index (χ4v) is 0.696. The van der Waals surface area contributed by atoms with Gasteiger partial charge in [0.2, 0.25) is 0 Å². The van der Waals surface area contributed by atoms with Crippen molar-refractivity contribution < 1.29 is 19.1 Å². The third kappa shape index (κ3) is 2.82. The summed E-state index contributed by atoms with van der Waals surface area (Å²) in [4.78, 5) is 0. The van der Waals surface area contributed by atoms with E-state index in [1.54, 1.807) is 0 Å². The number of hydroxylamine groups is 2. The molecule has 1 unspecified atom stereocenters. The zero-order valence-corrected chi connectivity index (χ0v) is 6.78. The summed E-state index contributed by atoms with van der Waals surface area (Å²) in [5.41, 5.74) is 0. The van der Waals surface area contributed by atoms with Crippen LogP contribution in [0.5, 0.6) is 0 Å². The molecule has 1 aliphatic heterocycles. The molecule has 0 aromatic carbocycles. The van der Waals surface area contributed by atoms with Gasteiger partial charge in [0.25, 0.3) is 0 Å². The van der Waals surface area contributed by atoms with Crippen LogP contribution in [0.2, 0.25) is 0 Å². The van der Waals surface area contributed by atoms with Crippen LogP contribution in [0.1, 0.15) is 0 Å². The number of allylic oxidation sites excluding steroid dienone is 2. The molecular weight excluding hydrogens is 182 g/mol. The first-order valence-electron chi connectivity index (χ1n) is 3.21. The van der Waals surface area contributed by atoms with Crippen LogP contribution in [-0.2, 0) is 0 Å². The molecule has 1 heterocycles. The van der Waals surface area contributed by atoms with E-state index in [-0.39, 0.29) is 5.06 Å². The van der Waals surface area contributed by atoms with Crippen molar-refractivity contribution in [2.75, 3.05) is 7.11 Å². The Kier molecular flexibility index (Phi) is 4.66. The minimum Gasteiger partial charge on any atom is -0.400 e. The van der Waals surface area contributed by atoms with Crippen molar-refractivity contribution in [2.24, 2.45) is 0 Å². The van der Waals surface area contributed by atoms with Gasteiger partial charge >= 0.3 is 0 Å². The summed E-state index contributed by atoms with van der Waals surface area (Å²) in [7, 11) is 1.00.